The molecule has 4 aromatic rings. The Labute approximate surface area is 162 Å². The van der Waals surface area contributed by atoms with Crippen molar-refractivity contribution in [3.8, 4) is 22.3 Å². The van der Waals surface area contributed by atoms with Crippen LogP contribution in [0.4, 0.5) is 0 Å². The monoisotopic (exact) mass is 375 g/mol. The molecule has 0 saturated carbocycles. The molecule has 3 nitrogen and oxygen atoms in total. The molecule has 3 aromatic carbocycles. The second kappa shape index (κ2) is 6.93. The number of carboxylic acids is 1. The van der Waals surface area contributed by atoms with Gasteiger partial charge in [-0.2, -0.15) is 0 Å². The Morgan fingerprint density at radius 1 is 0.926 bits per heavy atom. The van der Waals surface area contributed by atoms with Crippen LogP contribution < -0.4 is 0 Å². The van der Waals surface area contributed by atoms with Crippen molar-refractivity contribution < 1.29 is 9.90 Å². The van der Waals surface area contributed by atoms with E-state index in [1.54, 1.807) is 0 Å². The highest BCUT2D eigenvalue weighted by Gasteiger charge is 2.20. The number of hydrogen-bond acceptors (Lipinski definition) is 1. The normalized spacial score (nSPS) is 11.0. The lowest BCUT2D eigenvalue weighted by Crippen LogP contribution is -2.09. The van der Waals surface area contributed by atoms with Crippen molar-refractivity contribution in [1.82, 2.24) is 4.57 Å². The molecule has 0 bridgehead atoms. The number of aliphatic carboxylic acids is 1. The number of carboxylic acid groups (broad SMARTS) is 1. The SMILES string of the molecule is Cc1c(-c2ccc(Cl)cc2)c2c(-c3ccccc3)cccc2n1CC(=O)O. The minimum Gasteiger partial charge on any atom is -0.480 e. The van der Waals surface area contributed by atoms with Crippen molar-refractivity contribution in [2.75, 3.05) is 0 Å². The van der Waals surface area contributed by atoms with Crippen molar-refractivity contribution in [3.63, 3.8) is 0 Å². The average molecular weight is 376 g/mol. The molecule has 0 unspecified atom stereocenters. The topological polar surface area (TPSA) is 42.2 Å². The van der Waals surface area contributed by atoms with Crippen LogP contribution in [0.5, 0.6) is 0 Å². The van der Waals surface area contributed by atoms with E-state index >= 15 is 0 Å². The molecule has 1 N–H and O–H groups in total. The fourth-order valence-corrected chi connectivity index (χ4v) is 3.82. The maximum Gasteiger partial charge on any atom is 0.323 e. The highest BCUT2D eigenvalue weighted by Crippen LogP contribution is 2.40. The summed E-state index contributed by atoms with van der Waals surface area (Å²) in [5, 5.41) is 11.2. The molecule has 1 aromatic heterocycles. The zero-order chi connectivity index (χ0) is 19.0. The summed E-state index contributed by atoms with van der Waals surface area (Å²) in [6.07, 6.45) is 0. The van der Waals surface area contributed by atoms with Crippen LogP contribution in [0.25, 0.3) is 33.2 Å². The van der Waals surface area contributed by atoms with E-state index in [-0.39, 0.29) is 6.54 Å². The number of aromatic nitrogens is 1. The van der Waals surface area contributed by atoms with Crippen LogP contribution >= 0.6 is 11.6 Å². The van der Waals surface area contributed by atoms with Gasteiger partial charge < -0.3 is 9.67 Å². The predicted octanol–water partition coefficient (Wildman–Crippen LogP) is 6.02. The molecule has 0 atom stereocenters. The van der Waals surface area contributed by atoms with Crippen LogP contribution in [-0.4, -0.2) is 15.6 Å². The molecular weight excluding hydrogens is 358 g/mol. The Balaban J connectivity index is 2.10. The van der Waals surface area contributed by atoms with Gasteiger partial charge in [0.1, 0.15) is 6.54 Å². The van der Waals surface area contributed by atoms with E-state index < -0.39 is 5.97 Å². The van der Waals surface area contributed by atoms with E-state index in [2.05, 4.69) is 18.2 Å². The molecule has 4 rings (SSSR count). The highest BCUT2D eigenvalue weighted by atomic mass is 35.5. The van der Waals surface area contributed by atoms with Crippen LogP contribution in [0, 0.1) is 6.92 Å². The van der Waals surface area contributed by atoms with Crippen LogP contribution in [0.2, 0.25) is 5.02 Å². The van der Waals surface area contributed by atoms with Crippen LogP contribution in [-0.2, 0) is 11.3 Å². The Hall–Kier alpha value is -3.04. The van der Waals surface area contributed by atoms with Gasteiger partial charge in [-0.15, -0.1) is 0 Å². The summed E-state index contributed by atoms with van der Waals surface area (Å²) in [6.45, 7) is 1.90. The molecule has 4 heteroatoms. The van der Waals surface area contributed by atoms with Gasteiger partial charge in [0.2, 0.25) is 0 Å². The summed E-state index contributed by atoms with van der Waals surface area (Å²) >= 11 is 6.08. The Bertz CT molecular complexity index is 1130. The number of benzene rings is 3. The summed E-state index contributed by atoms with van der Waals surface area (Å²) in [6, 6.07) is 23.9. The first kappa shape index (κ1) is 17.4. The first-order valence-electron chi connectivity index (χ1n) is 8.71. The number of hydrogen-bond donors (Lipinski definition) is 1. The highest BCUT2D eigenvalue weighted by molar-refractivity contribution is 6.30. The second-order valence-corrected chi connectivity index (χ2v) is 6.95. The third kappa shape index (κ3) is 3.11. The predicted molar refractivity (Wildman–Crippen MR) is 110 cm³/mol. The zero-order valence-corrected chi connectivity index (χ0v) is 15.6. The first-order valence-corrected chi connectivity index (χ1v) is 9.09. The van der Waals surface area contributed by atoms with Gasteiger partial charge in [0.25, 0.3) is 0 Å². The van der Waals surface area contributed by atoms with Crippen LogP contribution in [0.1, 0.15) is 5.69 Å². The van der Waals surface area contributed by atoms with Crippen LogP contribution in [0.15, 0.2) is 72.8 Å². The Morgan fingerprint density at radius 3 is 2.30 bits per heavy atom. The van der Waals surface area contributed by atoms with Crippen molar-refractivity contribution >= 4 is 28.5 Å². The van der Waals surface area contributed by atoms with Gasteiger partial charge in [-0.25, -0.2) is 0 Å². The molecule has 0 spiro atoms. The van der Waals surface area contributed by atoms with Gasteiger partial charge >= 0.3 is 5.97 Å². The number of nitrogens with zero attached hydrogens (tertiary/aromatic N) is 1. The maximum absolute atomic E-state index is 11.5. The Morgan fingerprint density at radius 2 is 1.63 bits per heavy atom. The van der Waals surface area contributed by atoms with Gasteiger partial charge in [0.05, 0.1) is 5.52 Å². The summed E-state index contributed by atoms with van der Waals surface area (Å²) in [4.78, 5) is 11.5. The molecule has 0 saturated heterocycles. The number of carbonyl (C=O) groups is 1. The summed E-state index contributed by atoms with van der Waals surface area (Å²) in [7, 11) is 0. The van der Waals surface area contributed by atoms with Crippen molar-refractivity contribution in [3.05, 3.63) is 83.5 Å². The van der Waals surface area contributed by atoms with E-state index in [9.17, 15) is 9.90 Å². The molecule has 27 heavy (non-hydrogen) atoms. The van der Waals surface area contributed by atoms with Crippen molar-refractivity contribution in [2.45, 2.75) is 13.5 Å². The third-order valence-electron chi connectivity index (χ3n) is 4.86. The number of halogens is 1. The maximum atomic E-state index is 11.5. The van der Waals surface area contributed by atoms with Crippen molar-refractivity contribution in [1.29, 1.82) is 0 Å². The third-order valence-corrected chi connectivity index (χ3v) is 5.11. The lowest BCUT2D eigenvalue weighted by atomic mass is 9.95. The van der Waals surface area contributed by atoms with Gasteiger partial charge in [0, 0.05) is 21.7 Å². The molecule has 0 aliphatic rings. The van der Waals surface area contributed by atoms with E-state index in [1.807, 2.05) is 66.1 Å². The molecular formula is C23H18ClNO2. The first-order chi connectivity index (χ1) is 13.1. The van der Waals surface area contributed by atoms with E-state index in [0.717, 1.165) is 38.9 Å². The second-order valence-electron chi connectivity index (χ2n) is 6.51. The molecule has 1 heterocycles. The summed E-state index contributed by atoms with van der Waals surface area (Å²) in [5.41, 5.74) is 6.10. The average Bonchev–Trinajstić information content (AvgIpc) is 2.95. The number of rotatable bonds is 4. The lowest BCUT2D eigenvalue weighted by molar-refractivity contribution is -0.137. The van der Waals surface area contributed by atoms with E-state index in [0.29, 0.717) is 5.02 Å². The number of fused-ring (bicyclic) bond motifs is 1. The molecule has 0 radical (unpaired) electrons. The molecule has 0 amide bonds. The smallest absolute Gasteiger partial charge is 0.323 e. The summed E-state index contributed by atoms with van der Waals surface area (Å²) < 4.78 is 1.87. The van der Waals surface area contributed by atoms with Crippen LogP contribution in [0.3, 0.4) is 0 Å². The van der Waals surface area contributed by atoms with E-state index in [1.165, 1.54) is 0 Å². The van der Waals surface area contributed by atoms with Gasteiger partial charge in [-0.3, -0.25) is 4.79 Å². The largest absolute Gasteiger partial charge is 0.480 e. The minimum atomic E-state index is -0.859. The fourth-order valence-electron chi connectivity index (χ4n) is 3.69. The fraction of sp³-hybridized carbons (Fsp3) is 0.0870. The van der Waals surface area contributed by atoms with Gasteiger partial charge in [0.15, 0.2) is 0 Å². The van der Waals surface area contributed by atoms with E-state index in [4.69, 9.17) is 11.6 Å². The standard InChI is InChI=1S/C23H18ClNO2/c1-15-22(17-10-12-18(24)13-11-17)23-19(16-6-3-2-4-7-16)8-5-9-20(23)25(15)14-21(26)27/h2-13H,14H2,1H3,(H,26,27). The molecule has 134 valence electrons. The Kier molecular flexibility index (Phi) is 4.46. The zero-order valence-electron chi connectivity index (χ0n) is 14.8. The van der Waals surface area contributed by atoms with Crippen molar-refractivity contribution in [2.24, 2.45) is 0 Å². The molecule has 0 aliphatic heterocycles. The summed E-state index contributed by atoms with van der Waals surface area (Å²) in [5.74, 6) is -0.859. The molecule has 0 aliphatic carbocycles. The van der Waals surface area contributed by atoms with Gasteiger partial charge in [-0.1, -0.05) is 66.2 Å². The minimum absolute atomic E-state index is 0.0752. The lowest BCUT2D eigenvalue weighted by Gasteiger charge is -2.08. The quantitative estimate of drug-likeness (QED) is 0.473. The van der Waals surface area contributed by atoms with Gasteiger partial charge in [-0.05, 0) is 41.8 Å². The molecule has 0 fully saturated rings.